The molecule has 1 aromatic heterocycles. The van der Waals surface area contributed by atoms with Gasteiger partial charge >= 0.3 is 0 Å². The first kappa shape index (κ1) is 20.2. The number of ketones is 1. The normalized spacial score (nSPS) is 17.7. The highest BCUT2D eigenvalue weighted by molar-refractivity contribution is 6.52. The van der Waals surface area contributed by atoms with Crippen molar-refractivity contribution in [2.45, 2.75) is 13.0 Å². The van der Waals surface area contributed by atoms with Crippen molar-refractivity contribution in [3.8, 4) is 11.5 Å². The second kappa shape index (κ2) is 7.95. The molecular formula is C24H20N2O5. The van der Waals surface area contributed by atoms with Crippen molar-refractivity contribution in [1.29, 1.82) is 0 Å². The average molecular weight is 416 g/mol. The lowest BCUT2D eigenvalue weighted by Crippen LogP contribution is -2.29. The number of anilines is 1. The maximum atomic E-state index is 13.1. The Hall–Kier alpha value is -4.13. The summed E-state index contributed by atoms with van der Waals surface area (Å²) in [5.74, 6) is -1.85. The number of ether oxygens (including phenoxy) is 1. The molecule has 1 saturated heterocycles. The molecule has 1 unspecified atom stereocenters. The first-order valence-electron chi connectivity index (χ1n) is 9.58. The topological polar surface area (TPSA) is 100.0 Å². The number of benzene rings is 2. The van der Waals surface area contributed by atoms with Gasteiger partial charge in [0.1, 0.15) is 17.3 Å². The average Bonchev–Trinajstić information content (AvgIpc) is 3.06. The highest BCUT2D eigenvalue weighted by atomic mass is 16.5. The molecule has 31 heavy (non-hydrogen) atoms. The molecule has 156 valence electrons. The van der Waals surface area contributed by atoms with Crippen LogP contribution in [-0.4, -0.2) is 34.0 Å². The standard InChI is InChI=1S/C24H20N2O5/c1-14-7-8-18(27)17(13-14)26-21(15-9-11-25-12-10-15)20(23(29)24(26)30)22(28)16-5-3-4-6-19(16)31-2/h3-13,21,27-28H,1-2H3/b22-20+. The van der Waals surface area contributed by atoms with Gasteiger partial charge in [-0.1, -0.05) is 18.2 Å². The Morgan fingerprint density at radius 1 is 1.06 bits per heavy atom. The van der Waals surface area contributed by atoms with E-state index in [-0.39, 0.29) is 28.3 Å². The van der Waals surface area contributed by atoms with Gasteiger partial charge in [-0.3, -0.25) is 19.5 Å². The van der Waals surface area contributed by atoms with E-state index < -0.39 is 17.7 Å². The third kappa shape index (κ3) is 3.40. The number of Topliss-reactive ketones (excluding diaryl/α,β-unsaturated/α-hetero) is 1. The van der Waals surface area contributed by atoms with Crippen molar-refractivity contribution in [3.05, 3.63) is 89.3 Å². The minimum Gasteiger partial charge on any atom is -0.507 e. The molecule has 2 heterocycles. The zero-order valence-electron chi connectivity index (χ0n) is 16.9. The Bertz CT molecular complexity index is 1200. The molecule has 7 nitrogen and oxygen atoms in total. The summed E-state index contributed by atoms with van der Waals surface area (Å²) in [6.45, 7) is 1.82. The van der Waals surface area contributed by atoms with Gasteiger partial charge in [0, 0.05) is 12.4 Å². The van der Waals surface area contributed by atoms with E-state index in [1.165, 1.54) is 30.5 Å². The summed E-state index contributed by atoms with van der Waals surface area (Å²) in [5, 5.41) is 21.6. The number of hydrogen-bond acceptors (Lipinski definition) is 6. The summed E-state index contributed by atoms with van der Waals surface area (Å²) in [5.41, 5.74) is 1.74. The van der Waals surface area contributed by atoms with Gasteiger partial charge in [-0.2, -0.15) is 0 Å². The molecular weight excluding hydrogens is 396 g/mol. The number of carbonyl (C=O) groups is 2. The van der Waals surface area contributed by atoms with Crippen LogP contribution in [0.25, 0.3) is 5.76 Å². The molecule has 0 aliphatic carbocycles. The molecule has 1 fully saturated rings. The number of phenols is 1. The number of methoxy groups -OCH3 is 1. The third-order valence-corrected chi connectivity index (χ3v) is 5.22. The summed E-state index contributed by atoms with van der Waals surface area (Å²) >= 11 is 0. The molecule has 1 atom stereocenters. The number of aliphatic hydroxyl groups is 1. The smallest absolute Gasteiger partial charge is 0.300 e. The Morgan fingerprint density at radius 2 is 1.77 bits per heavy atom. The third-order valence-electron chi connectivity index (χ3n) is 5.22. The lowest BCUT2D eigenvalue weighted by molar-refractivity contribution is -0.132. The van der Waals surface area contributed by atoms with Crippen molar-refractivity contribution in [1.82, 2.24) is 4.98 Å². The van der Waals surface area contributed by atoms with Crippen LogP contribution in [0, 0.1) is 6.92 Å². The minimum atomic E-state index is -0.958. The number of aryl methyl sites for hydroxylation is 1. The number of para-hydroxylation sites is 1. The highest BCUT2D eigenvalue weighted by Gasteiger charge is 2.48. The number of nitrogens with zero attached hydrogens (tertiary/aromatic N) is 2. The molecule has 0 bridgehead atoms. The van der Waals surface area contributed by atoms with E-state index in [2.05, 4.69) is 4.98 Å². The molecule has 0 radical (unpaired) electrons. The predicted molar refractivity (Wildman–Crippen MR) is 115 cm³/mol. The summed E-state index contributed by atoms with van der Waals surface area (Å²) in [6, 6.07) is 13.8. The largest absolute Gasteiger partial charge is 0.507 e. The van der Waals surface area contributed by atoms with Crippen molar-refractivity contribution in [2.24, 2.45) is 0 Å². The zero-order valence-corrected chi connectivity index (χ0v) is 16.9. The van der Waals surface area contributed by atoms with Crippen LogP contribution < -0.4 is 9.64 Å². The summed E-state index contributed by atoms with van der Waals surface area (Å²) in [7, 11) is 1.45. The molecule has 2 N–H and O–H groups in total. The Morgan fingerprint density at radius 3 is 2.48 bits per heavy atom. The van der Waals surface area contributed by atoms with Gasteiger partial charge < -0.3 is 14.9 Å². The highest BCUT2D eigenvalue weighted by Crippen LogP contribution is 2.45. The molecule has 3 aromatic rings. The summed E-state index contributed by atoms with van der Waals surface area (Å²) in [4.78, 5) is 31.5. The second-order valence-corrected chi connectivity index (χ2v) is 7.14. The van der Waals surface area contributed by atoms with E-state index >= 15 is 0 Å². The summed E-state index contributed by atoms with van der Waals surface area (Å²) in [6.07, 6.45) is 3.07. The number of aromatic nitrogens is 1. The van der Waals surface area contributed by atoms with E-state index in [9.17, 15) is 19.8 Å². The van der Waals surface area contributed by atoms with Crippen LogP contribution in [-0.2, 0) is 9.59 Å². The molecule has 0 spiro atoms. The van der Waals surface area contributed by atoms with Gasteiger partial charge in [0.25, 0.3) is 11.7 Å². The maximum absolute atomic E-state index is 13.1. The molecule has 1 amide bonds. The summed E-state index contributed by atoms with van der Waals surface area (Å²) < 4.78 is 5.32. The number of phenolic OH excluding ortho intramolecular Hbond substituents is 1. The van der Waals surface area contributed by atoms with Crippen molar-refractivity contribution in [3.63, 3.8) is 0 Å². The van der Waals surface area contributed by atoms with E-state index in [1.807, 2.05) is 6.92 Å². The molecule has 1 aliphatic heterocycles. The lowest BCUT2D eigenvalue weighted by Gasteiger charge is -2.26. The van der Waals surface area contributed by atoms with Crippen LogP contribution in [0.2, 0.25) is 0 Å². The number of hydrogen-bond donors (Lipinski definition) is 2. The number of pyridine rings is 1. The number of rotatable bonds is 4. The van der Waals surface area contributed by atoms with Crippen molar-refractivity contribution >= 4 is 23.1 Å². The number of aromatic hydroxyl groups is 1. The van der Waals surface area contributed by atoms with Crippen LogP contribution >= 0.6 is 0 Å². The first-order chi connectivity index (χ1) is 14.9. The number of carbonyl (C=O) groups excluding carboxylic acids is 2. The monoisotopic (exact) mass is 416 g/mol. The lowest BCUT2D eigenvalue weighted by atomic mass is 9.95. The molecule has 1 aliphatic rings. The molecule has 0 saturated carbocycles. The van der Waals surface area contributed by atoms with Gasteiger partial charge in [-0.05, 0) is 54.4 Å². The van der Waals surface area contributed by atoms with Crippen LogP contribution in [0.5, 0.6) is 11.5 Å². The van der Waals surface area contributed by atoms with Crippen LogP contribution in [0.1, 0.15) is 22.7 Å². The quantitative estimate of drug-likeness (QED) is 0.382. The van der Waals surface area contributed by atoms with Gasteiger partial charge in [0.2, 0.25) is 0 Å². The SMILES string of the molecule is COc1ccccc1/C(O)=C1\C(=O)C(=O)N(c2cc(C)ccc2O)C1c1ccncc1. The Kier molecular flexibility index (Phi) is 5.17. The van der Waals surface area contributed by atoms with E-state index in [0.29, 0.717) is 11.3 Å². The molecule has 4 rings (SSSR count). The van der Waals surface area contributed by atoms with E-state index in [0.717, 1.165) is 5.56 Å². The predicted octanol–water partition coefficient (Wildman–Crippen LogP) is 3.73. The fourth-order valence-corrected chi connectivity index (χ4v) is 3.75. The van der Waals surface area contributed by atoms with Crippen LogP contribution in [0.3, 0.4) is 0 Å². The van der Waals surface area contributed by atoms with Gasteiger partial charge in [0.05, 0.1) is 30.0 Å². The van der Waals surface area contributed by atoms with E-state index in [1.54, 1.807) is 48.5 Å². The maximum Gasteiger partial charge on any atom is 0.300 e. The van der Waals surface area contributed by atoms with Crippen LogP contribution in [0.4, 0.5) is 5.69 Å². The molecule has 2 aromatic carbocycles. The van der Waals surface area contributed by atoms with Crippen LogP contribution in [0.15, 0.2) is 72.6 Å². The second-order valence-electron chi connectivity index (χ2n) is 7.14. The number of amides is 1. The van der Waals surface area contributed by atoms with Gasteiger partial charge in [0.15, 0.2) is 0 Å². The first-order valence-corrected chi connectivity index (χ1v) is 9.58. The van der Waals surface area contributed by atoms with Crippen molar-refractivity contribution < 1.29 is 24.5 Å². The van der Waals surface area contributed by atoms with E-state index in [4.69, 9.17) is 4.74 Å². The zero-order chi connectivity index (χ0) is 22.1. The van der Waals surface area contributed by atoms with Gasteiger partial charge in [-0.15, -0.1) is 0 Å². The fourth-order valence-electron chi connectivity index (χ4n) is 3.75. The molecule has 7 heteroatoms. The van der Waals surface area contributed by atoms with Gasteiger partial charge in [-0.25, -0.2) is 0 Å². The van der Waals surface area contributed by atoms with Crippen molar-refractivity contribution in [2.75, 3.05) is 12.0 Å². The number of aliphatic hydroxyl groups excluding tert-OH is 1. The fraction of sp³-hybridized carbons (Fsp3) is 0.125. The Labute approximate surface area is 178 Å². The minimum absolute atomic E-state index is 0.0957. The Balaban J connectivity index is 2.00.